The molecule has 94 valence electrons. The third-order valence-corrected chi connectivity index (χ3v) is 3.27. The van der Waals surface area contributed by atoms with Crippen molar-refractivity contribution in [3.8, 4) is 6.07 Å². The van der Waals surface area contributed by atoms with Crippen LogP contribution in [0.2, 0.25) is 0 Å². The number of carbonyl (C=O) groups is 1. The molecule has 1 atom stereocenters. The van der Waals surface area contributed by atoms with Gasteiger partial charge in [-0.1, -0.05) is 0 Å². The van der Waals surface area contributed by atoms with E-state index in [2.05, 4.69) is 16.0 Å². The molecule has 5 heteroatoms. The topological polar surface area (TPSA) is 60.2 Å². The van der Waals surface area contributed by atoms with Crippen LogP contribution in [0.25, 0.3) is 0 Å². The Labute approximate surface area is 107 Å². The summed E-state index contributed by atoms with van der Waals surface area (Å²) in [6, 6.07) is 5.81. The van der Waals surface area contributed by atoms with Crippen LogP contribution < -0.4 is 0 Å². The maximum atomic E-state index is 11.2. The summed E-state index contributed by atoms with van der Waals surface area (Å²) in [4.78, 5) is 19.1. The van der Waals surface area contributed by atoms with E-state index in [0.717, 1.165) is 18.7 Å². The maximum absolute atomic E-state index is 11.2. The number of pyridine rings is 1. The number of hydrogen-bond acceptors (Lipinski definition) is 4. The summed E-state index contributed by atoms with van der Waals surface area (Å²) in [7, 11) is 0. The van der Waals surface area contributed by atoms with E-state index in [-0.39, 0.29) is 11.9 Å². The van der Waals surface area contributed by atoms with Gasteiger partial charge in [-0.15, -0.1) is 0 Å². The summed E-state index contributed by atoms with van der Waals surface area (Å²) in [5, 5.41) is 9.31. The molecule has 0 aliphatic carbocycles. The average molecular weight is 244 g/mol. The van der Waals surface area contributed by atoms with Crippen LogP contribution in [-0.4, -0.2) is 46.9 Å². The number of rotatable bonds is 2. The number of piperazine rings is 1. The fourth-order valence-electron chi connectivity index (χ4n) is 2.21. The van der Waals surface area contributed by atoms with Crippen LogP contribution >= 0.6 is 0 Å². The normalized spacial score (nSPS) is 18.1. The second-order valence-corrected chi connectivity index (χ2v) is 4.35. The smallest absolute Gasteiger partial charge is 0.219 e. The maximum Gasteiger partial charge on any atom is 0.219 e. The van der Waals surface area contributed by atoms with Gasteiger partial charge in [-0.25, -0.2) is 0 Å². The zero-order valence-electron chi connectivity index (χ0n) is 10.4. The molecule has 1 aliphatic rings. The minimum absolute atomic E-state index is 0.104. The molecule has 0 spiro atoms. The molecule has 0 bridgehead atoms. The highest BCUT2D eigenvalue weighted by Crippen LogP contribution is 2.20. The van der Waals surface area contributed by atoms with Crippen molar-refractivity contribution in [3.05, 3.63) is 30.1 Å². The van der Waals surface area contributed by atoms with Crippen molar-refractivity contribution in [2.75, 3.05) is 26.2 Å². The van der Waals surface area contributed by atoms with Gasteiger partial charge in [-0.05, 0) is 17.7 Å². The third kappa shape index (κ3) is 2.66. The Morgan fingerprint density at radius 1 is 1.33 bits per heavy atom. The number of aromatic nitrogens is 1. The van der Waals surface area contributed by atoms with Crippen molar-refractivity contribution < 1.29 is 4.79 Å². The van der Waals surface area contributed by atoms with E-state index in [4.69, 9.17) is 0 Å². The van der Waals surface area contributed by atoms with Gasteiger partial charge in [0.05, 0.1) is 6.07 Å². The Morgan fingerprint density at radius 3 is 2.44 bits per heavy atom. The van der Waals surface area contributed by atoms with Crippen LogP contribution in [0, 0.1) is 11.3 Å². The molecule has 1 saturated heterocycles. The number of amides is 1. The van der Waals surface area contributed by atoms with Gasteiger partial charge >= 0.3 is 0 Å². The van der Waals surface area contributed by atoms with Crippen LogP contribution in [0.15, 0.2) is 24.5 Å². The fraction of sp³-hybridized carbons (Fsp3) is 0.462. The van der Waals surface area contributed by atoms with Crippen molar-refractivity contribution >= 4 is 5.91 Å². The Morgan fingerprint density at radius 2 is 1.94 bits per heavy atom. The quantitative estimate of drug-likeness (QED) is 0.772. The molecule has 1 unspecified atom stereocenters. The Hall–Kier alpha value is -1.93. The lowest BCUT2D eigenvalue weighted by molar-refractivity contribution is -0.130. The van der Waals surface area contributed by atoms with Crippen molar-refractivity contribution in [1.29, 1.82) is 5.26 Å². The molecule has 0 N–H and O–H groups in total. The van der Waals surface area contributed by atoms with Crippen LogP contribution in [0.3, 0.4) is 0 Å². The minimum atomic E-state index is -0.248. The summed E-state index contributed by atoms with van der Waals surface area (Å²) < 4.78 is 0. The van der Waals surface area contributed by atoms with Crippen LogP contribution in [0.4, 0.5) is 0 Å². The van der Waals surface area contributed by atoms with Crippen LogP contribution in [0.5, 0.6) is 0 Å². The largest absolute Gasteiger partial charge is 0.340 e. The first-order valence-electron chi connectivity index (χ1n) is 6.01. The Kier molecular flexibility index (Phi) is 3.90. The second-order valence-electron chi connectivity index (χ2n) is 4.35. The molecule has 2 heterocycles. The van der Waals surface area contributed by atoms with Crippen LogP contribution in [-0.2, 0) is 4.79 Å². The molecule has 1 aromatic heterocycles. The van der Waals surface area contributed by atoms with Crippen LogP contribution in [0.1, 0.15) is 18.5 Å². The van der Waals surface area contributed by atoms with Gasteiger partial charge in [-0.3, -0.25) is 14.7 Å². The van der Waals surface area contributed by atoms with Gasteiger partial charge in [0.1, 0.15) is 6.04 Å². The van der Waals surface area contributed by atoms with Gasteiger partial charge in [0, 0.05) is 45.5 Å². The highest BCUT2D eigenvalue weighted by atomic mass is 16.2. The lowest BCUT2D eigenvalue weighted by Gasteiger charge is -2.36. The fourth-order valence-corrected chi connectivity index (χ4v) is 2.21. The standard InChI is InChI=1S/C13H16N4O/c1-11(18)16-6-8-17(9-7-16)13(10-14)12-2-4-15-5-3-12/h2-5,13H,6-9H2,1H3. The highest BCUT2D eigenvalue weighted by Gasteiger charge is 2.25. The molecule has 0 saturated carbocycles. The van der Waals surface area contributed by atoms with E-state index >= 15 is 0 Å². The van der Waals surface area contributed by atoms with E-state index in [1.807, 2.05) is 17.0 Å². The van der Waals surface area contributed by atoms with Crippen molar-refractivity contribution in [3.63, 3.8) is 0 Å². The molecular formula is C13H16N4O. The van der Waals surface area contributed by atoms with E-state index in [1.165, 1.54) is 0 Å². The monoisotopic (exact) mass is 244 g/mol. The van der Waals surface area contributed by atoms with Gasteiger partial charge in [0.2, 0.25) is 5.91 Å². The molecular weight excluding hydrogens is 228 g/mol. The molecule has 0 radical (unpaired) electrons. The van der Waals surface area contributed by atoms with E-state index < -0.39 is 0 Å². The predicted octanol–water partition coefficient (Wildman–Crippen LogP) is 0.810. The van der Waals surface area contributed by atoms with Crippen molar-refractivity contribution in [1.82, 2.24) is 14.8 Å². The number of carbonyl (C=O) groups excluding carboxylic acids is 1. The SMILES string of the molecule is CC(=O)N1CCN(C(C#N)c2ccncc2)CC1. The summed E-state index contributed by atoms with van der Waals surface area (Å²) >= 11 is 0. The Bertz CT molecular complexity index is 446. The van der Waals surface area contributed by atoms with Gasteiger partial charge in [-0.2, -0.15) is 5.26 Å². The highest BCUT2D eigenvalue weighted by molar-refractivity contribution is 5.73. The van der Waals surface area contributed by atoms with Gasteiger partial charge < -0.3 is 4.90 Å². The first kappa shape index (κ1) is 12.5. The Balaban J connectivity index is 2.04. The number of nitrogens with zero attached hydrogens (tertiary/aromatic N) is 4. The van der Waals surface area contributed by atoms with E-state index in [9.17, 15) is 10.1 Å². The molecule has 0 aromatic carbocycles. The first-order valence-corrected chi connectivity index (χ1v) is 6.01. The first-order chi connectivity index (χ1) is 8.72. The number of hydrogen-bond donors (Lipinski definition) is 0. The third-order valence-electron chi connectivity index (χ3n) is 3.27. The molecule has 1 aromatic rings. The molecule has 2 rings (SSSR count). The predicted molar refractivity (Wildman–Crippen MR) is 66.4 cm³/mol. The van der Waals surface area contributed by atoms with Gasteiger partial charge in [0.15, 0.2) is 0 Å². The zero-order chi connectivity index (χ0) is 13.0. The molecule has 1 fully saturated rings. The molecule has 18 heavy (non-hydrogen) atoms. The molecule has 1 amide bonds. The van der Waals surface area contributed by atoms with Crippen molar-refractivity contribution in [2.24, 2.45) is 0 Å². The summed E-state index contributed by atoms with van der Waals surface area (Å²) in [5.41, 5.74) is 0.962. The second kappa shape index (κ2) is 5.61. The van der Waals surface area contributed by atoms with Gasteiger partial charge in [0.25, 0.3) is 0 Å². The lowest BCUT2D eigenvalue weighted by atomic mass is 10.1. The van der Waals surface area contributed by atoms with Crippen molar-refractivity contribution in [2.45, 2.75) is 13.0 Å². The lowest BCUT2D eigenvalue weighted by Crippen LogP contribution is -2.48. The summed E-state index contributed by atoms with van der Waals surface area (Å²) in [6.07, 6.45) is 3.40. The zero-order valence-corrected chi connectivity index (χ0v) is 10.4. The summed E-state index contributed by atoms with van der Waals surface area (Å²) in [6.45, 7) is 4.44. The summed E-state index contributed by atoms with van der Waals surface area (Å²) in [5.74, 6) is 0.104. The minimum Gasteiger partial charge on any atom is -0.340 e. The molecule has 5 nitrogen and oxygen atoms in total. The van der Waals surface area contributed by atoms with E-state index in [1.54, 1.807) is 19.3 Å². The average Bonchev–Trinajstić information content (AvgIpc) is 2.41. The molecule has 1 aliphatic heterocycles. The van der Waals surface area contributed by atoms with E-state index in [0.29, 0.717) is 13.1 Å². The number of nitriles is 1.